The third-order valence-electron chi connectivity index (χ3n) is 2.94. The maximum Gasteiger partial charge on any atom is 0.332 e. The Kier molecular flexibility index (Phi) is 6.07. The highest BCUT2D eigenvalue weighted by molar-refractivity contribution is 5.82. The normalized spacial score (nSPS) is 24.8. The maximum atomic E-state index is 11.9. The van der Waals surface area contributed by atoms with Crippen LogP contribution < -0.4 is 5.32 Å². The molecular formula is C12H21NO5. The summed E-state index contributed by atoms with van der Waals surface area (Å²) in [5.41, 5.74) is 0. The molecule has 104 valence electrons. The van der Waals surface area contributed by atoms with E-state index in [2.05, 4.69) is 5.32 Å². The van der Waals surface area contributed by atoms with E-state index in [1.807, 2.05) is 6.92 Å². The van der Waals surface area contributed by atoms with Gasteiger partial charge >= 0.3 is 5.97 Å². The van der Waals surface area contributed by atoms with Crippen molar-refractivity contribution in [3.05, 3.63) is 0 Å². The minimum Gasteiger partial charge on any atom is -0.479 e. The minimum absolute atomic E-state index is 0.0417. The van der Waals surface area contributed by atoms with Crippen molar-refractivity contribution in [1.82, 2.24) is 5.32 Å². The molecule has 0 aromatic rings. The van der Waals surface area contributed by atoms with Crippen LogP contribution in [0, 0.1) is 0 Å². The Balaban J connectivity index is 2.42. The summed E-state index contributed by atoms with van der Waals surface area (Å²) in [6.07, 6.45) is 1.10. The fourth-order valence-corrected chi connectivity index (χ4v) is 2.05. The van der Waals surface area contributed by atoms with Crippen molar-refractivity contribution in [2.24, 2.45) is 0 Å². The van der Waals surface area contributed by atoms with Gasteiger partial charge in [0.15, 0.2) is 6.10 Å². The smallest absolute Gasteiger partial charge is 0.332 e. The summed E-state index contributed by atoms with van der Waals surface area (Å²) in [5.74, 6) is -1.25. The monoisotopic (exact) mass is 259 g/mol. The number of rotatable bonds is 7. The van der Waals surface area contributed by atoms with Crippen LogP contribution >= 0.6 is 0 Å². The molecule has 1 saturated heterocycles. The van der Waals surface area contributed by atoms with Crippen LogP contribution in [0.3, 0.4) is 0 Å². The second-order valence-corrected chi connectivity index (χ2v) is 4.48. The molecule has 1 heterocycles. The van der Waals surface area contributed by atoms with Crippen molar-refractivity contribution in [3.8, 4) is 0 Å². The third kappa shape index (κ3) is 4.27. The van der Waals surface area contributed by atoms with E-state index in [0.29, 0.717) is 19.4 Å². The summed E-state index contributed by atoms with van der Waals surface area (Å²) in [6.45, 7) is 2.48. The number of hydrogen-bond acceptors (Lipinski definition) is 4. The van der Waals surface area contributed by atoms with Crippen LogP contribution in [0.5, 0.6) is 0 Å². The quantitative estimate of drug-likeness (QED) is 0.697. The Morgan fingerprint density at radius 1 is 1.44 bits per heavy atom. The highest BCUT2D eigenvalue weighted by atomic mass is 16.5. The Labute approximate surface area is 107 Å². The Bertz CT molecular complexity index is 288. The standard InChI is InChI=1S/C12H21NO5/c1-3-4-8(7-17-2)13-11(14)9-5-6-10(18-9)12(15)16/h8-10H,3-7H2,1-2H3,(H,13,14)(H,15,16). The van der Waals surface area contributed by atoms with Gasteiger partial charge in [-0.2, -0.15) is 0 Å². The van der Waals surface area contributed by atoms with Crippen molar-refractivity contribution in [3.63, 3.8) is 0 Å². The highest BCUT2D eigenvalue weighted by Crippen LogP contribution is 2.20. The van der Waals surface area contributed by atoms with Crippen LogP contribution in [0.15, 0.2) is 0 Å². The molecule has 2 N–H and O–H groups in total. The molecule has 0 bridgehead atoms. The fraction of sp³-hybridized carbons (Fsp3) is 0.833. The molecule has 18 heavy (non-hydrogen) atoms. The third-order valence-corrected chi connectivity index (χ3v) is 2.94. The van der Waals surface area contributed by atoms with E-state index in [1.165, 1.54) is 0 Å². The van der Waals surface area contributed by atoms with Crippen molar-refractivity contribution < 1.29 is 24.2 Å². The number of methoxy groups -OCH3 is 1. The van der Waals surface area contributed by atoms with Gasteiger partial charge in [0.05, 0.1) is 12.6 Å². The molecule has 0 spiro atoms. The Hall–Kier alpha value is -1.14. The summed E-state index contributed by atoms with van der Waals surface area (Å²) in [6, 6.07) is -0.0417. The van der Waals surface area contributed by atoms with Gasteiger partial charge in [0, 0.05) is 7.11 Å². The zero-order valence-corrected chi connectivity index (χ0v) is 10.8. The summed E-state index contributed by atoms with van der Waals surface area (Å²) < 4.78 is 10.2. The van der Waals surface area contributed by atoms with Gasteiger partial charge < -0.3 is 19.9 Å². The molecule has 0 radical (unpaired) electrons. The number of carboxylic acid groups (broad SMARTS) is 1. The molecule has 6 nitrogen and oxygen atoms in total. The predicted molar refractivity (Wildman–Crippen MR) is 64.2 cm³/mol. The number of carbonyl (C=O) groups is 2. The van der Waals surface area contributed by atoms with Gasteiger partial charge in [-0.25, -0.2) is 4.79 Å². The lowest BCUT2D eigenvalue weighted by Gasteiger charge is -2.19. The van der Waals surface area contributed by atoms with E-state index in [-0.39, 0.29) is 11.9 Å². The Morgan fingerprint density at radius 3 is 2.61 bits per heavy atom. The van der Waals surface area contributed by atoms with Crippen LogP contribution in [0.1, 0.15) is 32.6 Å². The van der Waals surface area contributed by atoms with E-state index < -0.39 is 18.2 Å². The lowest BCUT2D eigenvalue weighted by Crippen LogP contribution is -2.43. The zero-order chi connectivity index (χ0) is 13.5. The van der Waals surface area contributed by atoms with Gasteiger partial charge in [0.1, 0.15) is 6.10 Å². The number of carbonyl (C=O) groups excluding carboxylic acids is 1. The van der Waals surface area contributed by atoms with Gasteiger partial charge in [-0.1, -0.05) is 13.3 Å². The lowest BCUT2D eigenvalue weighted by atomic mass is 10.1. The molecule has 3 unspecified atom stereocenters. The van der Waals surface area contributed by atoms with Gasteiger partial charge in [0.2, 0.25) is 5.91 Å². The van der Waals surface area contributed by atoms with Crippen LogP contribution in [-0.4, -0.2) is 48.9 Å². The summed E-state index contributed by atoms with van der Waals surface area (Å²) in [7, 11) is 1.58. The van der Waals surface area contributed by atoms with Gasteiger partial charge in [-0.3, -0.25) is 4.79 Å². The molecule has 0 aromatic carbocycles. The SMILES string of the molecule is CCCC(COC)NC(=O)C1CCC(C(=O)O)O1. The van der Waals surface area contributed by atoms with Crippen molar-refractivity contribution in [1.29, 1.82) is 0 Å². The first-order chi connectivity index (χ1) is 8.58. The topological polar surface area (TPSA) is 84.9 Å². The van der Waals surface area contributed by atoms with Gasteiger partial charge in [-0.05, 0) is 19.3 Å². The second-order valence-electron chi connectivity index (χ2n) is 4.48. The van der Waals surface area contributed by atoms with E-state index in [1.54, 1.807) is 7.11 Å². The predicted octanol–water partition coefficient (Wildman–Crippen LogP) is 0.550. The van der Waals surface area contributed by atoms with Crippen LogP contribution in [-0.2, 0) is 19.1 Å². The van der Waals surface area contributed by atoms with Crippen molar-refractivity contribution in [2.75, 3.05) is 13.7 Å². The largest absolute Gasteiger partial charge is 0.479 e. The first-order valence-corrected chi connectivity index (χ1v) is 6.26. The number of aliphatic carboxylic acids is 1. The second kappa shape index (κ2) is 7.33. The van der Waals surface area contributed by atoms with Crippen LogP contribution in [0.4, 0.5) is 0 Å². The molecule has 1 amide bonds. The zero-order valence-electron chi connectivity index (χ0n) is 10.8. The molecule has 1 rings (SSSR count). The van der Waals surface area contributed by atoms with Gasteiger partial charge in [-0.15, -0.1) is 0 Å². The average Bonchev–Trinajstić information content (AvgIpc) is 2.79. The lowest BCUT2D eigenvalue weighted by molar-refractivity contribution is -0.152. The summed E-state index contributed by atoms with van der Waals surface area (Å²) in [4.78, 5) is 22.6. The van der Waals surface area contributed by atoms with Crippen molar-refractivity contribution in [2.45, 2.75) is 50.9 Å². The number of hydrogen-bond donors (Lipinski definition) is 2. The fourth-order valence-electron chi connectivity index (χ4n) is 2.05. The molecule has 1 fully saturated rings. The molecule has 1 aliphatic rings. The Morgan fingerprint density at radius 2 is 2.11 bits per heavy atom. The minimum atomic E-state index is -1.01. The van der Waals surface area contributed by atoms with Gasteiger partial charge in [0.25, 0.3) is 0 Å². The van der Waals surface area contributed by atoms with Crippen molar-refractivity contribution >= 4 is 11.9 Å². The number of ether oxygens (including phenoxy) is 2. The highest BCUT2D eigenvalue weighted by Gasteiger charge is 2.35. The first-order valence-electron chi connectivity index (χ1n) is 6.26. The molecule has 0 aromatic heterocycles. The number of carboxylic acids is 1. The molecule has 0 saturated carbocycles. The average molecular weight is 259 g/mol. The molecule has 1 aliphatic heterocycles. The van der Waals surface area contributed by atoms with Crippen LogP contribution in [0.2, 0.25) is 0 Å². The molecule has 0 aliphatic carbocycles. The van der Waals surface area contributed by atoms with Crippen LogP contribution in [0.25, 0.3) is 0 Å². The molecular weight excluding hydrogens is 238 g/mol. The summed E-state index contributed by atoms with van der Waals surface area (Å²) in [5, 5.41) is 11.6. The molecule has 3 atom stereocenters. The number of nitrogens with one attached hydrogen (secondary N) is 1. The van der Waals surface area contributed by atoms with E-state index in [0.717, 1.165) is 12.8 Å². The first kappa shape index (κ1) is 14.9. The van der Waals surface area contributed by atoms with E-state index in [4.69, 9.17) is 14.6 Å². The van der Waals surface area contributed by atoms with E-state index in [9.17, 15) is 9.59 Å². The maximum absolute atomic E-state index is 11.9. The molecule has 6 heteroatoms. The summed E-state index contributed by atoms with van der Waals surface area (Å²) >= 11 is 0. The van der Waals surface area contributed by atoms with E-state index >= 15 is 0 Å². The number of amides is 1.